The molecule has 1 aromatic carbocycles. The van der Waals surface area contributed by atoms with Gasteiger partial charge < -0.3 is 25.6 Å². The molecule has 152 valence electrons. The molecule has 1 aromatic rings. The first-order valence-electron chi connectivity index (χ1n) is 9.44. The van der Waals surface area contributed by atoms with Crippen molar-refractivity contribution in [1.82, 2.24) is 15.5 Å². The Morgan fingerprint density at radius 3 is 2.71 bits per heavy atom. The van der Waals surface area contributed by atoms with Crippen molar-refractivity contribution in [2.75, 3.05) is 25.5 Å². The van der Waals surface area contributed by atoms with E-state index in [1.807, 2.05) is 36.9 Å². The molecular weight excluding hydrogens is 376 g/mol. The van der Waals surface area contributed by atoms with Gasteiger partial charge in [0.15, 0.2) is 5.11 Å². The van der Waals surface area contributed by atoms with Crippen LogP contribution in [0, 0.1) is 0 Å². The van der Waals surface area contributed by atoms with E-state index >= 15 is 0 Å². The highest BCUT2D eigenvalue weighted by Gasteiger charge is 2.34. The third kappa shape index (κ3) is 5.01. The van der Waals surface area contributed by atoms with Crippen molar-refractivity contribution < 1.29 is 14.3 Å². The summed E-state index contributed by atoms with van der Waals surface area (Å²) in [7, 11) is 1.36. The molecular formula is C20H28N4O3S. The van der Waals surface area contributed by atoms with Gasteiger partial charge in [-0.25, -0.2) is 9.59 Å². The van der Waals surface area contributed by atoms with Crippen LogP contribution in [0.4, 0.5) is 10.5 Å². The molecule has 2 amide bonds. The molecule has 0 radical (unpaired) electrons. The first-order chi connectivity index (χ1) is 13.4. The summed E-state index contributed by atoms with van der Waals surface area (Å²) >= 11 is 5.47. The molecule has 1 aliphatic heterocycles. The molecule has 28 heavy (non-hydrogen) atoms. The van der Waals surface area contributed by atoms with Crippen LogP contribution in [0.15, 0.2) is 35.5 Å². The number of carbonyl (C=O) groups excluding carboxylic acids is 2. The largest absolute Gasteiger partial charge is 0.466 e. The SMILES string of the molecule is CCCCNC(=O)Nc1cccc([C@@H]2NC(=S)N(CC)C(C)=C2C(=O)OC)c1. The summed E-state index contributed by atoms with van der Waals surface area (Å²) in [4.78, 5) is 26.4. The molecule has 0 saturated carbocycles. The molecule has 8 heteroatoms. The molecule has 1 heterocycles. The van der Waals surface area contributed by atoms with E-state index in [0.29, 0.717) is 29.5 Å². The first kappa shape index (κ1) is 21.7. The Labute approximate surface area is 171 Å². The van der Waals surface area contributed by atoms with Gasteiger partial charge in [-0.1, -0.05) is 25.5 Å². The van der Waals surface area contributed by atoms with Gasteiger partial charge in [-0.05, 0) is 50.2 Å². The van der Waals surface area contributed by atoms with Crippen LogP contribution in [0.1, 0.15) is 45.2 Å². The summed E-state index contributed by atoms with van der Waals surface area (Å²) in [6.07, 6.45) is 1.94. The molecule has 0 aromatic heterocycles. The van der Waals surface area contributed by atoms with Crippen LogP contribution in [0.25, 0.3) is 0 Å². The Hall–Kier alpha value is -2.61. The maximum Gasteiger partial charge on any atom is 0.337 e. The number of methoxy groups -OCH3 is 1. The third-order valence-electron chi connectivity index (χ3n) is 4.61. The number of hydrogen-bond acceptors (Lipinski definition) is 4. The fourth-order valence-electron chi connectivity index (χ4n) is 3.14. The fourth-order valence-corrected chi connectivity index (χ4v) is 3.52. The Morgan fingerprint density at radius 1 is 1.32 bits per heavy atom. The Bertz CT molecular complexity index is 778. The topological polar surface area (TPSA) is 82.7 Å². The van der Waals surface area contributed by atoms with Crippen LogP contribution in [-0.4, -0.2) is 42.2 Å². The lowest BCUT2D eigenvalue weighted by Crippen LogP contribution is -2.47. The predicted molar refractivity (Wildman–Crippen MR) is 114 cm³/mol. The van der Waals surface area contributed by atoms with E-state index in [1.54, 1.807) is 6.07 Å². The van der Waals surface area contributed by atoms with E-state index in [4.69, 9.17) is 17.0 Å². The maximum absolute atomic E-state index is 12.5. The molecule has 0 saturated heterocycles. The number of carbonyl (C=O) groups is 2. The fraction of sp³-hybridized carbons (Fsp3) is 0.450. The Balaban J connectivity index is 2.30. The van der Waals surface area contributed by atoms with Crippen molar-refractivity contribution in [3.8, 4) is 0 Å². The molecule has 0 bridgehead atoms. The number of nitrogens with one attached hydrogen (secondary N) is 3. The standard InChI is InChI=1S/C20H28N4O3S/c1-5-7-11-21-19(26)22-15-10-8-9-14(12-15)17-16(18(25)27-4)13(3)24(6-2)20(28)23-17/h8-10,12,17H,5-7,11H2,1-4H3,(H,23,28)(H2,21,22,26)/t17-/m0/s1. The van der Waals surface area contributed by atoms with Crippen molar-refractivity contribution in [2.45, 2.75) is 39.7 Å². The van der Waals surface area contributed by atoms with Gasteiger partial charge in [0, 0.05) is 24.5 Å². The lowest BCUT2D eigenvalue weighted by molar-refractivity contribution is -0.136. The third-order valence-corrected chi connectivity index (χ3v) is 4.95. The predicted octanol–water partition coefficient (Wildman–Crippen LogP) is 3.31. The van der Waals surface area contributed by atoms with Gasteiger partial charge in [-0.2, -0.15) is 0 Å². The van der Waals surface area contributed by atoms with Crippen LogP contribution >= 0.6 is 12.2 Å². The first-order valence-corrected chi connectivity index (χ1v) is 9.85. The zero-order valence-corrected chi connectivity index (χ0v) is 17.6. The highest BCUT2D eigenvalue weighted by molar-refractivity contribution is 7.80. The molecule has 0 aliphatic carbocycles. The number of unbranched alkanes of at least 4 members (excludes halogenated alkanes) is 1. The van der Waals surface area contributed by atoms with Gasteiger partial charge >= 0.3 is 12.0 Å². The lowest BCUT2D eigenvalue weighted by atomic mass is 9.94. The number of allylic oxidation sites excluding steroid dienone is 1. The molecule has 0 unspecified atom stereocenters. The van der Waals surface area contributed by atoms with E-state index in [0.717, 1.165) is 24.1 Å². The smallest absolute Gasteiger partial charge is 0.337 e. The second kappa shape index (κ2) is 10.1. The number of hydrogen-bond donors (Lipinski definition) is 3. The van der Waals surface area contributed by atoms with Crippen molar-refractivity contribution >= 4 is 35.0 Å². The number of esters is 1. The monoisotopic (exact) mass is 404 g/mol. The summed E-state index contributed by atoms with van der Waals surface area (Å²) in [5, 5.41) is 9.42. The van der Waals surface area contributed by atoms with Crippen molar-refractivity contribution in [2.24, 2.45) is 0 Å². The minimum atomic E-state index is -0.451. The average Bonchev–Trinajstić information content (AvgIpc) is 2.67. The van der Waals surface area contributed by atoms with Gasteiger partial charge in [0.1, 0.15) is 0 Å². The highest BCUT2D eigenvalue weighted by atomic mass is 32.1. The number of rotatable bonds is 7. The number of nitrogens with zero attached hydrogens (tertiary/aromatic N) is 1. The summed E-state index contributed by atoms with van der Waals surface area (Å²) < 4.78 is 5.00. The Morgan fingerprint density at radius 2 is 2.07 bits per heavy atom. The van der Waals surface area contributed by atoms with E-state index in [-0.39, 0.29) is 6.03 Å². The van der Waals surface area contributed by atoms with Crippen LogP contribution in [0.5, 0.6) is 0 Å². The van der Waals surface area contributed by atoms with E-state index < -0.39 is 12.0 Å². The van der Waals surface area contributed by atoms with Gasteiger partial charge in [-0.15, -0.1) is 0 Å². The van der Waals surface area contributed by atoms with Gasteiger partial charge in [0.05, 0.1) is 18.7 Å². The molecule has 1 aliphatic rings. The quantitative estimate of drug-likeness (QED) is 0.367. The molecule has 7 nitrogen and oxygen atoms in total. The van der Waals surface area contributed by atoms with Crippen molar-refractivity contribution in [1.29, 1.82) is 0 Å². The van der Waals surface area contributed by atoms with Gasteiger partial charge in [0.25, 0.3) is 0 Å². The van der Waals surface area contributed by atoms with Gasteiger partial charge in [0.2, 0.25) is 0 Å². The van der Waals surface area contributed by atoms with Gasteiger partial charge in [-0.3, -0.25) is 0 Å². The minimum Gasteiger partial charge on any atom is -0.466 e. The summed E-state index contributed by atoms with van der Waals surface area (Å²) in [6, 6.07) is 6.65. The van der Waals surface area contributed by atoms with E-state index in [1.165, 1.54) is 7.11 Å². The number of amides is 2. The molecule has 1 atom stereocenters. The van der Waals surface area contributed by atoms with Crippen LogP contribution in [0.3, 0.4) is 0 Å². The van der Waals surface area contributed by atoms with E-state index in [2.05, 4.69) is 22.9 Å². The number of ether oxygens (including phenoxy) is 1. The summed E-state index contributed by atoms with van der Waals surface area (Å²) in [6.45, 7) is 7.17. The second-order valence-corrected chi connectivity index (χ2v) is 6.86. The second-order valence-electron chi connectivity index (χ2n) is 6.48. The number of thiocarbonyl (C=S) groups is 1. The molecule has 2 rings (SSSR count). The molecule has 0 fully saturated rings. The van der Waals surface area contributed by atoms with Crippen molar-refractivity contribution in [3.63, 3.8) is 0 Å². The average molecular weight is 405 g/mol. The summed E-state index contributed by atoms with van der Waals surface area (Å²) in [5.41, 5.74) is 2.71. The zero-order chi connectivity index (χ0) is 20.7. The van der Waals surface area contributed by atoms with Crippen LogP contribution in [-0.2, 0) is 9.53 Å². The maximum atomic E-state index is 12.5. The number of benzene rings is 1. The summed E-state index contributed by atoms with van der Waals surface area (Å²) in [5.74, 6) is -0.411. The normalized spacial score (nSPS) is 16.5. The van der Waals surface area contributed by atoms with Crippen molar-refractivity contribution in [3.05, 3.63) is 41.1 Å². The number of urea groups is 1. The Kier molecular flexibility index (Phi) is 7.80. The molecule has 0 spiro atoms. The number of anilines is 1. The minimum absolute atomic E-state index is 0.255. The highest BCUT2D eigenvalue weighted by Crippen LogP contribution is 2.32. The van der Waals surface area contributed by atoms with E-state index in [9.17, 15) is 9.59 Å². The molecule has 3 N–H and O–H groups in total. The zero-order valence-electron chi connectivity index (χ0n) is 16.8. The lowest BCUT2D eigenvalue weighted by Gasteiger charge is -2.37. The van der Waals surface area contributed by atoms with Crippen LogP contribution in [0.2, 0.25) is 0 Å². The van der Waals surface area contributed by atoms with Crippen LogP contribution < -0.4 is 16.0 Å².